The van der Waals surface area contributed by atoms with E-state index in [2.05, 4.69) is 9.71 Å². The van der Waals surface area contributed by atoms with E-state index in [4.69, 9.17) is 5.11 Å². The molecule has 1 aromatic heterocycles. The summed E-state index contributed by atoms with van der Waals surface area (Å²) < 4.78 is 25.9. The van der Waals surface area contributed by atoms with Crippen molar-refractivity contribution in [3.8, 4) is 0 Å². The average Bonchev–Trinajstić information content (AvgIpc) is 2.60. The van der Waals surface area contributed by atoms with Crippen molar-refractivity contribution in [1.29, 1.82) is 0 Å². The highest BCUT2D eigenvalue weighted by molar-refractivity contribution is 7.91. The molecule has 1 heterocycles. The molecule has 1 aliphatic carbocycles. The van der Waals surface area contributed by atoms with Gasteiger partial charge in [-0.3, -0.25) is 0 Å². The first kappa shape index (κ1) is 11.5. The van der Waals surface area contributed by atoms with Crippen LogP contribution in [0.4, 0.5) is 0 Å². The molecule has 1 aromatic rings. The predicted octanol–water partition coefficient (Wildman–Crippen LogP) is 0.672. The Labute approximate surface area is 96.4 Å². The molecule has 0 radical (unpaired) electrons. The molecule has 1 saturated carbocycles. The van der Waals surface area contributed by atoms with Gasteiger partial charge in [-0.25, -0.2) is 22.9 Å². The third-order valence-electron chi connectivity index (χ3n) is 2.41. The number of nitrogens with one attached hydrogen (secondary N) is 1. The molecule has 0 spiro atoms. The lowest BCUT2D eigenvalue weighted by atomic mass is 9.94. The normalized spacial score (nSPS) is 17.0. The molecule has 0 atom stereocenters. The number of hydrogen-bond acceptors (Lipinski definition) is 5. The van der Waals surface area contributed by atoms with E-state index < -0.39 is 21.7 Å². The lowest BCUT2D eigenvalue weighted by Crippen LogP contribution is -2.39. The molecule has 0 unspecified atom stereocenters. The first-order valence-corrected chi connectivity index (χ1v) is 7.06. The van der Waals surface area contributed by atoms with Gasteiger partial charge in [-0.05, 0) is 12.8 Å². The zero-order chi connectivity index (χ0) is 11.8. The predicted molar refractivity (Wildman–Crippen MR) is 57.0 cm³/mol. The van der Waals surface area contributed by atoms with Gasteiger partial charge in [0, 0.05) is 6.04 Å². The molecule has 0 bridgehead atoms. The number of hydrogen-bond donors (Lipinski definition) is 2. The Morgan fingerprint density at radius 2 is 2.25 bits per heavy atom. The van der Waals surface area contributed by atoms with Crippen molar-refractivity contribution in [2.45, 2.75) is 29.5 Å². The van der Waals surface area contributed by atoms with Crippen molar-refractivity contribution in [1.82, 2.24) is 9.71 Å². The van der Waals surface area contributed by atoms with Gasteiger partial charge < -0.3 is 5.11 Å². The van der Waals surface area contributed by atoms with Gasteiger partial charge >= 0.3 is 5.97 Å². The van der Waals surface area contributed by atoms with Crippen LogP contribution in [0.15, 0.2) is 9.72 Å². The number of rotatable bonds is 4. The monoisotopic (exact) mass is 262 g/mol. The number of thiazole rings is 1. The van der Waals surface area contributed by atoms with E-state index in [1.54, 1.807) is 0 Å². The van der Waals surface area contributed by atoms with Crippen molar-refractivity contribution in [3.63, 3.8) is 0 Å². The minimum Gasteiger partial charge on any atom is -0.476 e. The second kappa shape index (κ2) is 4.11. The summed E-state index contributed by atoms with van der Waals surface area (Å²) in [6.07, 6.45) is 2.61. The number of aromatic carboxylic acids is 1. The van der Waals surface area contributed by atoms with Gasteiger partial charge in [0.05, 0.1) is 5.51 Å². The third-order valence-corrected chi connectivity index (χ3v) is 5.30. The molecule has 6 nitrogen and oxygen atoms in total. The zero-order valence-corrected chi connectivity index (χ0v) is 9.84. The highest BCUT2D eigenvalue weighted by Crippen LogP contribution is 2.24. The molecular formula is C8H10N2O4S2. The number of carboxylic acid groups (broad SMARTS) is 1. The number of sulfonamides is 1. The minimum absolute atomic E-state index is 0.0613. The molecule has 0 aromatic carbocycles. The molecule has 0 saturated heterocycles. The molecule has 1 aliphatic rings. The van der Waals surface area contributed by atoms with E-state index >= 15 is 0 Å². The third kappa shape index (κ3) is 2.08. The SMILES string of the molecule is O=C(O)c1ncsc1S(=O)(=O)NC1CCC1. The summed E-state index contributed by atoms with van der Waals surface area (Å²) in [6.45, 7) is 0. The first-order chi connectivity index (χ1) is 7.50. The lowest BCUT2D eigenvalue weighted by molar-refractivity contribution is 0.0687. The van der Waals surface area contributed by atoms with Crippen LogP contribution in [0.1, 0.15) is 29.8 Å². The van der Waals surface area contributed by atoms with Crippen molar-refractivity contribution in [2.24, 2.45) is 0 Å². The Morgan fingerprint density at radius 3 is 2.75 bits per heavy atom. The molecule has 2 N–H and O–H groups in total. The standard InChI is InChI=1S/C8H10N2O4S2/c11-7(12)6-8(15-4-9-6)16(13,14)10-5-2-1-3-5/h4-5,10H,1-3H2,(H,11,12). The highest BCUT2D eigenvalue weighted by Gasteiger charge is 2.30. The number of carbonyl (C=O) groups is 1. The van der Waals surface area contributed by atoms with Crippen LogP contribution in [-0.4, -0.2) is 30.5 Å². The number of aromatic nitrogens is 1. The molecule has 8 heteroatoms. The Balaban J connectivity index is 2.27. The van der Waals surface area contributed by atoms with Gasteiger partial charge in [-0.1, -0.05) is 6.42 Å². The largest absolute Gasteiger partial charge is 0.476 e. The van der Waals surface area contributed by atoms with Crippen LogP contribution < -0.4 is 4.72 Å². The molecule has 88 valence electrons. The van der Waals surface area contributed by atoms with Crippen LogP contribution in [0.2, 0.25) is 0 Å². The maximum Gasteiger partial charge on any atom is 0.356 e. The van der Waals surface area contributed by atoms with Gasteiger partial charge in [-0.15, -0.1) is 11.3 Å². The van der Waals surface area contributed by atoms with E-state index in [0.717, 1.165) is 30.6 Å². The molecular weight excluding hydrogens is 252 g/mol. The van der Waals surface area contributed by atoms with Gasteiger partial charge in [0.15, 0.2) is 9.90 Å². The molecule has 1 fully saturated rings. The summed E-state index contributed by atoms with van der Waals surface area (Å²) in [4.78, 5) is 14.3. The molecule has 16 heavy (non-hydrogen) atoms. The van der Waals surface area contributed by atoms with Crippen LogP contribution in [0, 0.1) is 0 Å². The fourth-order valence-electron chi connectivity index (χ4n) is 1.37. The van der Waals surface area contributed by atoms with Crippen molar-refractivity contribution >= 4 is 27.3 Å². The lowest BCUT2D eigenvalue weighted by Gasteiger charge is -2.25. The summed E-state index contributed by atoms with van der Waals surface area (Å²) in [5, 5.41) is 8.78. The fraction of sp³-hybridized carbons (Fsp3) is 0.500. The molecule has 0 amide bonds. The molecule has 0 aliphatic heterocycles. The van der Waals surface area contributed by atoms with Crippen LogP contribution in [0.25, 0.3) is 0 Å². The van der Waals surface area contributed by atoms with Crippen LogP contribution in [-0.2, 0) is 10.0 Å². The maximum absolute atomic E-state index is 11.8. The van der Waals surface area contributed by atoms with Crippen molar-refractivity contribution < 1.29 is 18.3 Å². The van der Waals surface area contributed by atoms with Crippen LogP contribution in [0.5, 0.6) is 0 Å². The smallest absolute Gasteiger partial charge is 0.356 e. The second-order valence-corrected chi connectivity index (χ2v) is 6.31. The van der Waals surface area contributed by atoms with E-state index in [1.807, 2.05) is 0 Å². The van der Waals surface area contributed by atoms with Crippen LogP contribution >= 0.6 is 11.3 Å². The van der Waals surface area contributed by atoms with Gasteiger partial charge in [0.1, 0.15) is 0 Å². The first-order valence-electron chi connectivity index (χ1n) is 4.70. The summed E-state index contributed by atoms with van der Waals surface area (Å²) in [7, 11) is -3.73. The van der Waals surface area contributed by atoms with Gasteiger partial charge in [0.2, 0.25) is 0 Å². The van der Waals surface area contributed by atoms with E-state index in [9.17, 15) is 13.2 Å². The maximum atomic E-state index is 11.8. The molecule has 2 rings (SSSR count). The van der Waals surface area contributed by atoms with E-state index in [-0.39, 0.29) is 10.3 Å². The Bertz CT molecular complexity index is 504. The van der Waals surface area contributed by atoms with E-state index in [1.165, 1.54) is 5.51 Å². The topological polar surface area (TPSA) is 96.4 Å². The average molecular weight is 262 g/mol. The van der Waals surface area contributed by atoms with Gasteiger partial charge in [-0.2, -0.15) is 0 Å². The summed E-state index contributed by atoms with van der Waals surface area (Å²) in [5.41, 5.74) is 0.815. The minimum atomic E-state index is -3.73. The fourth-order valence-corrected chi connectivity index (χ4v) is 3.83. The van der Waals surface area contributed by atoms with Crippen LogP contribution in [0.3, 0.4) is 0 Å². The number of nitrogens with zero attached hydrogens (tertiary/aromatic N) is 1. The zero-order valence-electron chi connectivity index (χ0n) is 8.21. The Kier molecular flexibility index (Phi) is 2.96. The Morgan fingerprint density at radius 1 is 1.56 bits per heavy atom. The van der Waals surface area contributed by atoms with Crippen molar-refractivity contribution in [2.75, 3.05) is 0 Å². The summed E-state index contributed by atoms with van der Waals surface area (Å²) >= 11 is 0.819. The summed E-state index contributed by atoms with van der Waals surface area (Å²) in [5.74, 6) is -1.32. The quantitative estimate of drug-likeness (QED) is 0.831. The van der Waals surface area contributed by atoms with E-state index in [0.29, 0.717) is 0 Å². The summed E-state index contributed by atoms with van der Waals surface area (Å²) in [6, 6.07) is -0.0613. The highest BCUT2D eigenvalue weighted by atomic mass is 32.2. The second-order valence-electron chi connectivity index (χ2n) is 3.54. The van der Waals surface area contributed by atoms with Crippen molar-refractivity contribution in [3.05, 3.63) is 11.2 Å². The Hall–Kier alpha value is -0.990. The number of carboxylic acids is 1. The van der Waals surface area contributed by atoms with Gasteiger partial charge in [0.25, 0.3) is 10.0 Å².